The molecule has 2 N–H and O–H groups in total. The fourth-order valence-electron chi connectivity index (χ4n) is 7.67. The third kappa shape index (κ3) is 1.69. The Hall–Kier alpha value is -0.340. The van der Waals surface area contributed by atoms with Crippen molar-refractivity contribution in [3.63, 3.8) is 0 Å². The van der Waals surface area contributed by atoms with Crippen molar-refractivity contribution in [3.8, 4) is 0 Å². The summed E-state index contributed by atoms with van der Waals surface area (Å²) in [6.07, 6.45) is 10.3. The molecular formula is C20H32O2. The van der Waals surface area contributed by atoms with Gasteiger partial charge in [0.2, 0.25) is 0 Å². The predicted octanol–water partition coefficient (Wildman–Crippen LogP) is 4.06. The standard InChI is InChI=1S/C20H32O2/c1-14-11-19-9-5-15-17(2,13-21)7-4-8-18(15,3)16(19)6-10-20(14,22)12-19/h15-16,21-22H,1,4-13H2,2-3H3/t15?,16?,17-,18+,19+,20-/m0/s1. The molecule has 4 aliphatic carbocycles. The highest BCUT2D eigenvalue weighted by molar-refractivity contribution is 5.29. The van der Waals surface area contributed by atoms with Crippen molar-refractivity contribution in [1.29, 1.82) is 0 Å². The van der Waals surface area contributed by atoms with Crippen LogP contribution in [-0.4, -0.2) is 22.4 Å². The van der Waals surface area contributed by atoms with E-state index >= 15 is 0 Å². The van der Waals surface area contributed by atoms with Crippen LogP contribution in [0.4, 0.5) is 0 Å². The third-order valence-electron chi connectivity index (χ3n) is 8.64. The van der Waals surface area contributed by atoms with Gasteiger partial charge in [0.15, 0.2) is 0 Å². The van der Waals surface area contributed by atoms with E-state index in [2.05, 4.69) is 20.4 Å². The minimum atomic E-state index is -0.561. The number of hydrogen-bond acceptors (Lipinski definition) is 2. The summed E-state index contributed by atoms with van der Waals surface area (Å²) >= 11 is 0. The molecule has 0 amide bonds. The van der Waals surface area contributed by atoms with Crippen molar-refractivity contribution in [2.24, 2.45) is 28.1 Å². The molecule has 0 aliphatic heterocycles. The minimum Gasteiger partial charge on any atom is -0.396 e. The van der Waals surface area contributed by atoms with Crippen LogP contribution in [0.3, 0.4) is 0 Å². The Labute approximate surface area is 135 Å². The second-order valence-corrected chi connectivity index (χ2v) is 9.71. The van der Waals surface area contributed by atoms with E-state index in [0.717, 1.165) is 31.3 Å². The van der Waals surface area contributed by atoms with Crippen molar-refractivity contribution in [1.82, 2.24) is 0 Å². The molecule has 0 radical (unpaired) electrons. The minimum absolute atomic E-state index is 0.109. The van der Waals surface area contributed by atoms with Crippen LogP contribution in [0.5, 0.6) is 0 Å². The Morgan fingerprint density at radius 1 is 1.09 bits per heavy atom. The fraction of sp³-hybridized carbons (Fsp3) is 0.900. The largest absolute Gasteiger partial charge is 0.396 e. The topological polar surface area (TPSA) is 40.5 Å². The first-order valence-corrected chi connectivity index (χ1v) is 9.30. The van der Waals surface area contributed by atoms with Crippen LogP contribution in [-0.2, 0) is 0 Å². The number of hydrogen-bond donors (Lipinski definition) is 2. The quantitative estimate of drug-likeness (QED) is 0.717. The van der Waals surface area contributed by atoms with E-state index in [1.165, 1.54) is 32.1 Å². The Kier molecular flexibility index (Phi) is 3.03. The SMILES string of the molecule is C=C1C[C@@]23CCC4[C@](C)(CO)CCC[C@@]4(C)C2CC[C@]1(O)C3. The summed E-state index contributed by atoms with van der Waals surface area (Å²) < 4.78 is 0. The first-order valence-electron chi connectivity index (χ1n) is 9.30. The first-order chi connectivity index (χ1) is 10.3. The highest BCUT2D eigenvalue weighted by Gasteiger charge is 2.66. The van der Waals surface area contributed by atoms with Crippen molar-refractivity contribution in [3.05, 3.63) is 12.2 Å². The van der Waals surface area contributed by atoms with Gasteiger partial charge >= 0.3 is 0 Å². The Morgan fingerprint density at radius 2 is 1.82 bits per heavy atom. The van der Waals surface area contributed by atoms with Crippen molar-refractivity contribution >= 4 is 0 Å². The fourth-order valence-corrected chi connectivity index (χ4v) is 7.67. The number of aliphatic hydroxyl groups excluding tert-OH is 1. The van der Waals surface area contributed by atoms with E-state index in [0.29, 0.717) is 29.3 Å². The molecule has 1 spiro atoms. The molecule has 2 bridgehead atoms. The molecule has 124 valence electrons. The molecule has 4 saturated carbocycles. The molecule has 0 heterocycles. The van der Waals surface area contributed by atoms with Crippen LogP contribution in [0.15, 0.2) is 12.2 Å². The average Bonchev–Trinajstić information content (AvgIpc) is 2.64. The first kappa shape index (κ1) is 15.2. The summed E-state index contributed by atoms with van der Waals surface area (Å²) in [6, 6.07) is 0. The normalized spacial score (nSPS) is 57.4. The molecule has 2 unspecified atom stereocenters. The van der Waals surface area contributed by atoms with E-state index in [1.807, 2.05) is 0 Å². The van der Waals surface area contributed by atoms with Gasteiger partial charge in [0.25, 0.3) is 0 Å². The van der Waals surface area contributed by atoms with E-state index in [9.17, 15) is 10.2 Å². The smallest absolute Gasteiger partial charge is 0.0860 e. The predicted molar refractivity (Wildman–Crippen MR) is 88.4 cm³/mol. The zero-order valence-corrected chi connectivity index (χ0v) is 14.3. The van der Waals surface area contributed by atoms with E-state index in [-0.39, 0.29) is 5.41 Å². The Bertz CT molecular complexity index is 514. The summed E-state index contributed by atoms with van der Waals surface area (Å²) in [4.78, 5) is 0. The number of aliphatic hydroxyl groups is 2. The second-order valence-electron chi connectivity index (χ2n) is 9.71. The van der Waals surface area contributed by atoms with Gasteiger partial charge in [-0.3, -0.25) is 0 Å². The zero-order valence-electron chi connectivity index (χ0n) is 14.3. The summed E-state index contributed by atoms with van der Waals surface area (Å²) in [5.41, 5.74) is 1.31. The van der Waals surface area contributed by atoms with Crippen molar-refractivity contribution in [2.45, 2.75) is 77.2 Å². The van der Waals surface area contributed by atoms with E-state index in [1.54, 1.807) is 0 Å². The molecule has 0 aromatic carbocycles. The van der Waals surface area contributed by atoms with Gasteiger partial charge in [-0.25, -0.2) is 0 Å². The lowest BCUT2D eigenvalue weighted by Gasteiger charge is -2.64. The molecule has 2 heteroatoms. The van der Waals surface area contributed by atoms with Gasteiger partial charge < -0.3 is 10.2 Å². The van der Waals surface area contributed by atoms with Gasteiger partial charge in [-0.15, -0.1) is 0 Å². The third-order valence-corrected chi connectivity index (χ3v) is 8.64. The summed E-state index contributed by atoms with van der Waals surface area (Å²) in [6.45, 7) is 9.41. The molecule has 6 atom stereocenters. The maximum Gasteiger partial charge on any atom is 0.0860 e. The maximum absolute atomic E-state index is 10.9. The molecular weight excluding hydrogens is 272 g/mol. The van der Waals surface area contributed by atoms with Crippen LogP contribution < -0.4 is 0 Å². The Morgan fingerprint density at radius 3 is 2.55 bits per heavy atom. The molecule has 22 heavy (non-hydrogen) atoms. The van der Waals surface area contributed by atoms with Gasteiger partial charge in [-0.1, -0.05) is 26.8 Å². The van der Waals surface area contributed by atoms with E-state index < -0.39 is 5.60 Å². The molecule has 0 aromatic heterocycles. The monoisotopic (exact) mass is 304 g/mol. The highest BCUT2D eigenvalue weighted by Crippen LogP contribution is 2.72. The van der Waals surface area contributed by atoms with Gasteiger partial charge in [0.05, 0.1) is 5.60 Å². The van der Waals surface area contributed by atoms with Gasteiger partial charge in [0.1, 0.15) is 0 Å². The van der Waals surface area contributed by atoms with Gasteiger partial charge in [0, 0.05) is 6.61 Å². The van der Waals surface area contributed by atoms with Crippen LogP contribution in [0.25, 0.3) is 0 Å². The van der Waals surface area contributed by atoms with Crippen LogP contribution >= 0.6 is 0 Å². The molecule has 2 nitrogen and oxygen atoms in total. The van der Waals surface area contributed by atoms with Crippen LogP contribution in [0, 0.1) is 28.1 Å². The summed E-state index contributed by atoms with van der Waals surface area (Å²) in [5, 5.41) is 21.0. The second kappa shape index (κ2) is 4.39. The van der Waals surface area contributed by atoms with E-state index in [4.69, 9.17) is 0 Å². The van der Waals surface area contributed by atoms with Crippen LogP contribution in [0.2, 0.25) is 0 Å². The lowest BCUT2D eigenvalue weighted by Crippen LogP contribution is -2.58. The molecule has 4 aliphatic rings. The van der Waals surface area contributed by atoms with Crippen molar-refractivity contribution in [2.75, 3.05) is 6.61 Å². The highest BCUT2D eigenvalue weighted by atomic mass is 16.3. The molecule has 4 fully saturated rings. The van der Waals surface area contributed by atoms with Crippen molar-refractivity contribution < 1.29 is 10.2 Å². The summed E-state index contributed by atoms with van der Waals surface area (Å²) in [7, 11) is 0. The Balaban J connectivity index is 1.74. The van der Waals surface area contributed by atoms with Gasteiger partial charge in [-0.2, -0.15) is 0 Å². The molecule has 4 rings (SSSR count). The number of rotatable bonds is 1. The number of fused-ring (bicyclic) bond motifs is 3. The van der Waals surface area contributed by atoms with Gasteiger partial charge in [-0.05, 0) is 85.0 Å². The lowest BCUT2D eigenvalue weighted by atomic mass is 9.41. The average molecular weight is 304 g/mol. The lowest BCUT2D eigenvalue weighted by molar-refractivity contribution is -0.171. The summed E-state index contributed by atoms with van der Waals surface area (Å²) in [5.74, 6) is 1.36. The molecule has 0 saturated heterocycles. The zero-order chi connectivity index (χ0) is 15.8. The van der Waals surface area contributed by atoms with Crippen LogP contribution in [0.1, 0.15) is 71.6 Å². The maximum atomic E-state index is 10.9. The molecule has 0 aromatic rings.